The van der Waals surface area contributed by atoms with Gasteiger partial charge in [-0.1, -0.05) is 30.3 Å². The third-order valence-electron chi connectivity index (χ3n) is 3.79. The molecule has 0 saturated heterocycles. The summed E-state index contributed by atoms with van der Waals surface area (Å²) in [5.41, 5.74) is 1.26. The number of benzene rings is 1. The lowest BCUT2D eigenvalue weighted by Crippen LogP contribution is -2.36. The summed E-state index contributed by atoms with van der Waals surface area (Å²) in [6.45, 7) is 4.47. The topological polar surface area (TPSA) is 116 Å². The van der Waals surface area contributed by atoms with Crippen LogP contribution in [0.5, 0.6) is 0 Å². The first-order valence-electron chi connectivity index (χ1n) is 7.99. The van der Waals surface area contributed by atoms with E-state index in [1.54, 1.807) is 0 Å². The number of amides is 1. The van der Waals surface area contributed by atoms with E-state index in [4.69, 9.17) is 4.74 Å². The van der Waals surface area contributed by atoms with Gasteiger partial charge in [-0.3, -0.25) is 24.4 Å². The number of rotatable bonds is 7. The Labute approximate surface area is 150 Å². The standard InChI is InChI=1S/C17H20N4O5/c1-11-16(21(24)25)12(2)20(19-11)10-15(22)26-13(3)17(23)18-9-14-7-5-4-6-8-14/h4-8,13H,9-10H2,1-3H3,(H,18,23)/t13-/m1/s1. The lowest BCUT2D eigenvalue weighted by Gasteiger charge is -2.14. The third-order valence-corrected chi connectivity index (χ3v) is 3.79. The van der Waals surface area contributed by atoms with E-state index in [9.17, 15) is 19.7 Å². The van der Waals surface area contributed by atoms with Gasteiger partial charge in [0, 0.05) is 6.54 Å². The Kier molecular flexibility index (Phi) is 6.05. The number of ether oxygens (including phenoxy) is 1. The molecule has 1 amide bonds. The number of aromatic nitrogens is 2. The second-order valence-corrected chi connectivity index (χ2v) is 5.77. The van der Waals surface area contributed by atoms with E-state index in [0.29, 0.717) is 6.54 Å². The second-order valence-electron chi connectivity index (χ2n) is 5.77. The minimum Gasteiger partial charge on any atom is -0.451 e. The molecular formula is C17H20N4O5. The van der Waals surface area contributed by atoms with Crippen molar-refractivity contribution in [1.82, 2.24) is 15.1 Å². The second kappa shape index (κ2) is 8.24. The SMILES string of the molecule is Cc1nn(CC(=O)O[C@H](C)C(=O)NCc2ccccc2)c(C)c1[N+](=O)[O-]. The zero-order valence-electron chi connectivity index (χ0n) is 14.8. The predicted molar refractivity (Wildman–Crippen MR) is 92.2 cm³/mol. The summed E-state index contributed by atoms with van der Waals surface area (Å²) in [6, 6.07) is 9.33. The Morgan fingerprint density at radius 3 is 2.54 bits per heavy atom. The first-order chi connectivity index (χ1) is 12.3. The number of hydrogen-bond donors (Lipinski definition) is 1. The zero-order chi connectivity index (χ0) is 19.3. The van der Waals surface area contributed by atoms with Crippen LogP contribution >= 0.6 is 0 Å². The van der Waals surface area contributed by atoms with Gasteiger partial charge in [-0.05, 0) is 26.3 Å². The van der Waals surface area contributed by atoms with Gasteiger partial charge in [0.25, 0.3) is 5.91 Å². The fourth-order valence-corrected chi connectivity index (χ4v) is 2.44. The average Bonchev–Trinajstić information content (AvgIpc) is 2.87. The van der Waals surface area contributed by atoms with Crippen LogP contribution in [-0.4, -0.2) is 32.7 Å². The summed E-state index contributed by atoms with van der Waals surface area (Å²) in [5, 5.41) is 17.6. The molecule has 0 unspecified atom stereocenters. The zero-order valence-corrected chi connectivity index (χ0v) is 14.8. The van der Waals surface area contributed by atoms with Gasteiger partial charge in [0.05, 0.1) is 4.92 Å². The molecular weight excluding hydrogens is 340 g/mol. The molecule has 138 valence electrons. The van der Waals surface area contributed by atoms with Crippen LogP contribution in [0.25, 0.3) is 0 Å². The third kappa shape index (κ3) is 4.65. The molecule has 1 atom stereocenters. The summed E-state index contributed by atoms with van der Waals surface area (Å²) in [4.78, 5) is 34.5. The Bertz CT molecular complexity index is 816. The molecule has 9 nitrogen and oxygen atoms in total. The monoisotopic (exact) mass is 360 g/mol. The molecule has 0 radical (unpaired) electrons. The molecule has 0 aliphatic rings. The van der Waals surface area contributed by atoms with Crippen molar-refractivity contribution < 1.29 is 19.2 Å². The highest BCUT2D eigenvalue weighted by Crippen LogP contribution is 2.21. The minimum atomic E-state index is -0.988. The van der Waals surface area contributed by atoms with Gasteiger partial charge >= 0.3 is 11.7 Å². The van der Waals surface area contributed by atoms with Crippen molar-refractivity contribution in [2.75, 3.05) is 0 Å². The summed E-state index contributed by atoms with van der Waals surface area (Å²) < 4.78 is 6.29. The van der Waals surface area contributed by atoms with E-state index in [2.05, 4.69) is 10.4 Å². The van der Waals surface area contributed by atoms with Gasteiger partial charge in [0.15, 0.2) is 6.10 Å². The Morgan fingerprint density at radius 2 is 1.96 bits per heavy atom. The summed E-state index contributed by atoms with van der Waals surface area (Å²) in [5.74, 6) is -1.13. The van der Waals surface area contributed by atoms with Crippen molar-refractivity contribution in [3.63, 3.8) is 0 Å². The van der Waals surface area contributed by atoms with Crippen molar-refractivity contribution in [2.45, 2.75) is 40.0 Å². The van der Waals surface area contributed by atoms with Crippen LogP contribution in [-0.2, 0) is 27.4 Å². The van der Waals surface area contributed by atoms with E-state index in [1.165, 1.54) is 25.5 Å². The number of aryl methyl sites for hydroxylation is 1. The molecule has 1 N–H and O–H groups in total. The van der Waals surface area contributed by atoms with Crippen molar-refractivity contribution in [2.24, 2.45) is 0 Å². The lowest BCUT2D eigenvalue weighted by atomic mass is 10.2. The van der Waals surface area contributed by atoms with Crippen molar-refractivity contribution in [1.29, 1.82) is 0 Å². The Morgan fingerprint density at radius 1 is 1.31 bits per heavy atom. The van der Waals surface area contributed by atoms with Crippen LogP contribution in [0.4, 0.5) is 5.69 Å². The quantitative estimate of drug-likeness (QED) is 0.456. The Hall–Kier alpha value is -3.23. The number of carbonyl (C=O) groups excluding carboxylic acids is 2. The van der Waals surface area contributed by atoms with E-state index in [1.807, 2.05) is 30.3 Å². The molecule has 0 aliphatic heterocycles. The normalized spacial score (nSPS) is 11.7. The first kappa shape index (κ1) is 19.1. The van der Waals surface area contributed by atoms with Crippen LogP contribution in [0.15, 0.2) is 30.3 Å². The number of esters is 1. The fraction of sp³-hybridized carbons (Fsp3) is 0.353. The summed E-state index contributed by atoms with van der Waals surface area (Å²) in [6.07, 6.45) is -0.988. The maximum atomic E-state index is 12.0. The largest absolute Gasteiger partial charge is 0.451 e. The first-order valence-corrected chi connectivity index (χ1v) is 7.99. The molecule has 0 saturated carbocycles. The molecule has 0 fully saturated rings. The highest BCUT2D eigenvalue weighted by atomic mass is 16.6. The maximum absolute atomic E-state index is 12.0. The molecule has 1 heterocycles. The molecule has 9 heteroatoms. The van der Waals surface area contributed by atoms with Crippen LogP contribution in [0.2, 0.25) is 0 Å². The van der Waals surface area contributed by atoms with E-state index in [0.717, 1.165) is 5.56 Å². The van der Waals surface area contributed by atoms with Gasteiger partial charge in [-0.25, -0.2) is 0 Å². The van der Waals surface area contributed by atoms with E-state index >= 15 is 0 Å². The molecule has 1 aromatic heterocycles. The van der Waals surface area contributed by atoms with Crippen LogP contribution in [0.1, 0.15) is 23.9 Å². The van der Waals surface area contributed by atoms with E-state index < -0.39 is 22.9 Å². The Balaban J connectivity index is 1.90. The van der Waals surface area contributed by atoms with Crippen molar-refractivity contribution >= 4 is 17.6 Å². The highest BCUT2D eigenvalue weighted by Gasteiger charge is 2.24. The predicted octanol–water partition coefficient (Wildman–Crippen LogP) is 1.66. The molecule has 2 aromatic rings. The summed E-state index contributed by atoms with van der Waals surface area (Å²) >= 11 is 0. The number of hydrogen-bond acceptors (Lipinski definition) is 6. The van der Waals surface area contributed by atoms with Crippen LogP contribution in [0, 0.1) is 24.0 Å². The number of nitrogens with zero attached hydrogens (tertiary/aromatic N) is 3. The fourth-order valence-electron chi connectivity index (χ4n) is 2.44. The van der Waals surface area contributed by atoms with Crippen molar-refractivity contribution in [3.8, 4) is 0 Å². The number of nitrogens with one attached hydrogen (secondary N) is 1. The average molecular weight is 360 g/mol. The highest BCUT2D eigenvalue weighted by molar-refractivity contribution is 5.83. The molecule has 1 aromatic carbocycles. The number of nitro groups is 1. The smallest absolute Gasteiger partial charge is 0.328 e. The molecule has 2 rings (SSSR count). The van der Waals surface area contributed by atoms with Gasteiger partial charge in [0.1, 0.15) is 17.9 Å². The minimum absolute atomic E-state index is 0.133. The molecule has 26 heavy (non-hydrogen) atoms. The lowest BCUT2D eigenvalue weighted by molar-refractivity contribution is -0.386. The van der Waals surface area contributed by atoms with Crippen LogP contribution < -0.4 is 5.32 Å². The van der Waals surface area contributed by atoms with Gasteiger partial charge < -0.3 is 10.1 Å². The molecule has 0 aliphatic carbocycles. The number of carbonyl (C=O) groups is 2. The van der Waals surface area contributed by atoms with Crippen molar-refractivity contribution in [3.05, 3.63) is 57.4 Å². The van der Waals surface area contributed by atoms with Gasteiger partial charge in [-0.2, -0.15) is 5.10 Å². The van der Waals surface area contributed by atoms with Crippen LogP contribution in [0.3, 0.4) is 0 Å². The van der Waals surface area contributed by atoms with Gasteiger partial charge in [-0.15, -0.1) is 0 Å². The molecule has 0 spiro atoms. The van der Waals surface area contributed by atoms with E-state index in [-0.39, 0.29) is 23.6 Å². The summed E-state index contributed by atoms with van der Waals surface area (Å²) in [7, 11) is 0. The van der Waals surface area contributed by atoms with Gasteiger partial charge in [0.2, 0.25) is 0 Å². The molecule has 0 bridgehead atoms. The maximum Gasteiger partial charge on any atom is 0.328 e.